The van der Waals surface area contributed by atoms with Gasteiger partial charge in [0.2, 0.25) is 0 Å². The van der Waals surface area contributed by atoms with Gasteiger partial charge >= 0.3 is 6.09 Å². The Bertz CT molecular complexity index is 418. The Hall–Kier alpha value is -1.55. The van der Waals surface area contributed by atoms with Gasteiger partial charge in [-0.15, -0.1) is 0 Å². The minimum atomic E-state index is -0.453. The molecule has 0 spiro atoms. The van der Waals surface area contributed by atoms with Crippen molar-refractivity contribution in [2.75, 3.05) is 18.5 Å². The van der Waals surface area contributed by atoms with E-state index in [1.807, 2.05) is 12.1 Å². The van der Waals surface area contributed by atoms with E-state index in [4.69, 9.17) is 10.5 Å². The van der Waals surface area contributed by atoms with E-state index < -0.39 is 6.09 Å². The number of nitrogens with two attached hydrogens (primary N) is 1. The molecule has 0 saturated heterocycles. The van der Waals surface area contributed by atoms with Crippen molar-refractivity contribution in [3.63, 3.8) is 0 Å². The fraction of sp³-hybridized carbons (Fsp3) is 0.632. The predicted octanol–water partition coefficient (Wildman–Crippen LogP) is 4.88. The Labute approximate surface area is 140 Å². The number of amides is 1. The van der Waals surface area contributed by atoms with Crippen LogP contribution >= 0.6 is 0 Å². The van der Waals surface area contributed by atoms with Gasteiger partial charge in [0.15, 0.2) is 0 Å². The SMILES string of the molecule is CCCCCCCCCCc1ccc(NC(=O)OCCN)cc1. The highest BCUT2D eigenvalue weighted by Crippen LogP contribution is 2.14. The van der Waals surface area contributed by atoms with Crippen LogP contribution in [0.25, 0.3) is 0 Å². The van der Waals surface area contributed by atoms with Gasteiger partial charge in [-0.2, -0.15) is 0 Å². The number of aryl methyl sites for hydroxylation is 1. The van der Waals surface area contributed by atoms with Gasteiger partial charge in [0.05, 0.1) is 0 Å². The van der Waals surface area contributed by atoms with Crippen LogP contribution in [0.4, 0.5) is 10.5 Å². The second-order valence-corrected chi connectivity index (χ2v) is 5.97. The molecule has 1 aromatic rings. The molecule has 0 heterocycles. The number of ether oxygens (including phenoxy) is 1. The zero-order valence-electron chi connectivity index (χ0n) is 14.5. The molecule has 0 aromatic heterocycles. The van der Waals surface area contributed by atoms with Crippen LogP contribution in [0.15, 0.2) is 24.3 Å². The highest BCUT2D eigenvalue weighted by molar-refractivity contribution is 5.84. The van der Waals surface area contributed by atoms with E-state index in [0.29, 0.717) is 6.54 Å². The summed E-state index contributed by atoms with van der Waals surface area (Å²) in [6.45, 7) is 2.83. The molecule has 3 N–H and O–H groups in total. The van der Waals surface area contributed by atoms with Crippen molar-refractivity contribution in [1.82, 2.24) is 0 Å². The topological polar surface area (TPSA) is 64.3 Å². The van der Waals surface area contributed by atoms with Crippen molar-refractivity contribution < 1.29 is 9.53 Å². The van der Waals surface area contributed by atoms with Crippen molar-refractivity contribution in [3.05, 3.63) is 29.8 Å². The largest absolute Gasteiger partial charge is 0.448 e. The molecule has 0 aliphatic heterocycles. The van der Waals surface area contributed by atoms with E-state index in [1.165, 1.54) is 56.9 Å². The van der Waals surface area contributed by atoms with Gasteiger partial charge in [-0.1, -0.05) is 64.0 Å². The number of rotatable bonds is 12. The van der Waals surface area contributed by atoms with Crippen molar-refractivity contribution in [2.24, 2.45) is 5.73 Å². The third kappa shape index (κ3) is 9.95. The van der Waals surface area contributed by atoms with Gasteiger partial charge < -0.3 is 10.5 Å². The summed E-state index contributed by atoms with van der Waals surface area (Å²) >= 11 is 0. The second-order valence-electron chi connectivity index (χ2n) is 5.97. The van der Waals surface area contributed by atoms with E-state index in [9.17, 15) is 4.79 Å². The average molecular weight is 320 g/mol. The quantitative estimate of drug-likeness (QED) is 0.540. The first-order chi connectivity index (χ1) is 11.3. The Morgan fingerprint density at radius 2 is 1.61 bits per heavy atom. The molecule has 23 heavy (non-hydrogen) atoms. The minimum Gasteiger partial charge on any atom is -0.448 e. The number of benzene rings is 1. The number of nitrogens with one attached hydrogen (secondary N) is 1. The van der Waals surface area contributed by atoms with Crippen LogP contribution in [0.3, 0.4) is 0 Å². The maximum atomic E-state index is 11.4. The first kappa shape index (κ1) is 19.5. The smallest absolute Gasteiger partial charge is 0.411 e. The molecular weight excluding hydrogens is 288 g/mol. The van der Waals surface area contributed by atoms with E-state index in [0.717, 1.165) is 12.1 Å². The summed E-state index contributed by atoms with van der Waals surface area (Å²) in [5.41, 5.74) is 7.36. The van der Waals surface area contributed by atoms with E-state index >= 15 is 0 Å². The lowest BCUT2D eigenvalue weighted by Crippen LogP contribution is -2.18. The average Bonchev–Trinajstić information content (AvgIpc) is 2.57. The maximum Gasteiger partial charge on any atom is 0.411 e. The first-order valence-corrected chi connectivity index (χ1v) is 8.99. The second kappa shape index (κ2) is 12.9. The lowest BCUT2D eigenvalue weighted by atomic mass is 10.0. The number of anilines is 1. The summed E-state index contributed by atoms with van der Waals surface area (Å²) in [5.74, 6) is 0. The number of carbonyl (C=O) groups excluding carboxylic acids is 1. The summed E-state index contributed by atoms with van der Waals surface area (Å²) < 4.78 is 4.88. The minimum absolute atomic E-state index is 0.238. The summed E-state index contributed by atoms with van der Waals surface area (Å²) in [6.07, 6.45) is 11.4. The van der Waals surface area contributed by atoms with E-state index in [2.05, 4.69) is 24.4 Å². The van der Waals surface area contributed by atoms with Crippen molar-refractivity contribution in [2.45, 2.75) is 64.7 Å². The lowest BCUT2D eigenvalue weighted by Gasteiger charge is -2.07. The molecule has 130 valence electrons. The highest BCUT2D eigenvalue weighted by Gasteiger charge is 2.02. The first-order valence-electron chi connectivity index (χ1n) is 8.99. The van der Waals surface area contributed by atoms with Crippen LogP contribution < -0.4 is 11.1 Å². The Kier molecular flexibility index (Phi) is 11.0. The van der Waals surface area contributed by atoms with Gasteiger partial charge in [-0.25, -0.2) is 4.79 Å². The number of carbonyl (C=O) groups is 1. The molecule has 0 radical (unpaired) electrons. The molecule has 0 unspecified atom stereocenters. The Morgan fingerprint density at radius 1 is 1.00 bits per heavy atom. The molecule has 0 bridgehead atoms. The Morgan fingerprint density at radius 3 is 2.22 bits per heavy atom. The summed E-state index contributed by atoms with van der Waals surface area (Å²) in [4.78, 5) is 11.4. The molecule has 0 fully saturated rings. The van der Waals surface area contributed by atoms with Crippen LogP contribution in [0, 0.1) is 0 Å². The third-order valence-corrected chi connectivity index (χ3v) is 3.87. The van der Waals surface area contributed by atoms with Gasteiger partial charge in [0, 0.05) is 12.2 Å². The summed E-state index contributed by atoms with van der Waals surface area (Å²) in [5, 5.41) is 2.69. The van der Waals surface area contributed by atoms with Crippen LogP contribution in [-0.2, 0) is 11.2 Å². The van der Waals surface area contributed by atoms with E-state index in [-0.39, 0.29) is 6.61 Å². The van der Waals surface area contributed by atoms with Crippen LogP contribution in [0.2, 0.25) is 0 Å². The van der Waals surface area contributed by atoms with Gasteiger partial charge in [0.1, 0.15) is 6.61 Å². The van der Waals surface area contributed by atoms with Crippen LogP contribution in [0.1, 0.15) is 63.9 Å². The molecule has 0 aliphatic carbocycles. The summed E-state index contributed by atoms with van der Waals surface area (Å²) in [7, 11) is 0. The fourth-order valence-electron chi connectivity index (χ4n) is 2.52. The van der Waals surface area contributed by atoms with E-state index in [1.54, 1.807) is 0 Å². The molecule has 0 aliphatic rings. The molecule has 1 amide bonds. The lowest BCUT2D eigenvalue weighted by molar-refractivity contribution is 0.165. The summed E-state index contributed by atoms with van der Waals surface area (Å²) in [6, 6.07) is 7.98. The highest BCUT2D eigenvalue weighted by atomic mass is 16.5. The Balaban J connectivity index is 2.13. The number of unbranched alkanes of at least 4 members (excludes halogenated alkanes) is 7. The van der Waals surface area contributed by atoms with Gasteiger partial charge in [0.25, 0.3) is 0 Å². The van der Waals surface area contributed by atoms with Crippen LogP contribution in [-0.4, -0.2) is 19.2 Å². The molecule has 4 heteroatoms. The van der Waals surface area contributed by atoms with Crippen molar-refractivity contribution in [3.8, 4) is 0 Å². The molecule has 0 saturated carbocycles. The monoisotopic (exact) mass is 320 g/mol. The molecule has 4 nitrogen and oxygen atoms in total. The molecule has 0 atom stereocenters. The predicted molar refractivity (Wildman–Crippen MR) is 96.8 cm³/mol. The molecular formula is C19H32N2O2. The van der Waals surface area contributed by atoms with Crippen molar-refractivity contribution in [1.29, 1.82) is 0 Å². The third-order valence-electron chi connectivity index (χ3n) is 3.87. The van der Waals surface area contributed by atoms with Gasteiger partial charge in [-0.3, -0.25) is 5.32 Å². The van der Waals surface area contributed by atoms with Crippen molar-refractivity contribution >= 4 is 11.8 Å². The fourth-order valence-corrected chi connectivity index (χ4v) is 2.52. The standard InChI is InChI=1S/C19H32N2O2/c1-2-3-4-5-6-7-8-9-10-17-11-13-18(14-12-17)21-19(22)23-16-15-20/h11-14H,2-10,15-16,20H2,1H3,(H,21,22). The zero-order chi connectivity index (χ0) is 16.8. The number of hydrogen-bond acceptors (Lipinski definition) is 3. The molecule has 1 aromatic carbocycles. The maximum absolute atomic E-state index is 11.4. The van der Waals surface area contributed by atoms with Crippen LogP contribution in [0.5, 0.6) is 0 Å². The number of hydrogen-bond donors (Lipinski definition) is 2. The normalized spacial score (nSPS) is 10.5. The molecule has 1 rings (SSSR count). The zero-order valence-corrected chi connectivity index (χ0v) is 14.5. The van der Waals surface area contributed by atoms with Gasteiger partial charge in [-0.05, 0) is 30.5 Å².